The molecule has 3 rings (SSSR count). The van der Waals surface area contributed by atoms with E-state index in [2.05, 4.69) is 5.32 Å². The summed E-state index contributed by atoms with van der Waals surface area (Å²) < 4.78 is 5.43. The second-order valence-corrected chi connectivity index (χ2v) is 6.07. The van der Waals surface area contributed by atoms with Crippen LogP contribution in [0, 0.1) is 16.0 Å². The number of non-ortho nitro benzene ring substituents is 1. The van der Waals surface area contributed by atoms with Gasteiger partial charge in [0.05, 0.1) is 17.4 Å². The maximum Gasteiger partial charge on any atom is 0.269 e. The molecule has 24 heavy (non-hydrogen) atoms. The molecule has 1 aromatic carbocycles. The molecule has 1 atom stereocenters. The largest absolute Gasteiger partial charge is 0.492 e. The predicted molar refractivity (Wildman–Crippen MR) is 84.4 cm³/mol. The smallest absolute Gasteiger partial charge is 0.269 e. The summed E-state index contributed by atoms with van der Waals surface area (Å²) in [5.41, 5.74) is 0.00164. The highest BCUT2D eigenvalue weighted by molar-refractivity contribution is 5.89. The fraction of sp³-hybridized carbons (Fsp3) is 0.500. The molecule has 0 spiro atoms. The summed E-state index contributed by atoms with van der Waals surface area (Å²) in [7, 11) is 0. The first-order valence-electron chi connectivity index (χ1n) is 7.99. The van der Waals surface area contributed by atoms with Crippen LogP contribution in [0.15, 0.2) is 24.3 Å². The minimum absolute atomic E-state index is 0.00164. The summed E-state index contributed by atoms with van der Waals surface area (Å²) in [4.78, 5) is 35.8. The number of nitrogens with one attached hydrogen (secondary N) is 1. The van der Waals surface area contributed by atoms with E-state index in [4.69, 9.17) is 4.74 Å². The lowest BCUT2D eigenvalue weighted by Crippen LogP contribution is -2.35. The van der Waals surface area contributed by atoms with E-state index in [1.165, 1.54) is 24.3 Å². The molecule has 1 aromatic rings. The normalized spacial score (nSPS) is 20.1. The quantitative estimate of drug-likeness (QED) is 0.457. The predicted octanol–water partition coefficient (Wildman–Crippen LogP) is 1.10. The summed E-state index contributed by atoms with van der Waals surface area (Å²) in [6, 6.07) is 6.11. The van der Waals surface area contributed by atoms with Crippen LogP contribution in [0.4, 0.5) is 5.69 Å². The molecule has 0 bridgehead atoms. The SMILES string of the molecule is O=C(NCCOc1ccc([N+](=O)[O-])cc1)[C@@H]1CC(=O)N(C2CC2)C1. The Labute approximate surface area is 138 Å². The fourth-order valence-electron chi connectivity index (χ4n) is 2.80. The Bertz CT molecular complexity index is 642. The highest BCUT2D eigenvalue weighted by atomic mass is 16.6. The molecular formula is C16H19N3O5. The highest BCUT2D eigenvalue weighted by Crippen LogP contribution is 2.32. The number of likely N-dealkylation sites (tertiary alicyclic amines) is 1. The molecule has 1 aliphatic heterocycles. The second-order valence-electron chi connectivity index (χ2n) is 6.07. The van der Waals surface area contributed by atoms with E-state index in [-0.39, 0.29) is 36.4 Å². The molecule has 1 aliphatic carbocycles. The van der Waals surface area contributed by atoms with Crippen LogP contribution in [0.1, 0.15) is 19.3 Å². The Balaban J connectivity index is 1.38. The van der Waals surface area contributed by atoms with Gasteiger partial charge in [-0.2, -0.15) is 0 Å². The molecule has 2 amide bonds. The molecule has 1 heterocycles. The van der Waals surface area contributed by atoms with Crippen molar-refractivity contribution in [2.24, 2.45) is 5.92 Å². The Morgan fingerprint density at radius 2 is 2.04 bits per heavy atom. The van der Waals surface area contributed by atoms with Gasteiger partial charge < -0.3 is 15.0 Å². The van der Waals surface area contributed by atoms with Gasteiger partial charge >= 0.3 is 0 Å². The standard InChI is InChI=1S/C16H19N3O5/c20-15-9-11(10-18(15)12-1-2-12)16(21)17-7-8-24-14-5-3-13(4-6-14)19(22)23/h3-6,11-12H,1-2,7-10H2,(H,17,21)/t11-/m1/s1. The van der Waals surface area contributed by atoms with E-state index in [1.807, 2.05) is 4.90 Å². The van der Waals surface area contributed by atoms with Crippen LogP contribution in [-0.2, 0) is 9.59 Å². The number of hydrogen-bond acceptors (Lipinski definition) is 5. The molecule has 0 radical (unpaired) electrons. The lowest BCUT2D eigenvalue weighted by molar-refractivity contribution is -0.384. The first-order chi connectivity index (χ1) is 11.5. The second kappa shape index (κ2) is 6.86. The number of carbonyl (C=O) groups is 2. The number of rotatable bonds is 7. The van der Waals surface area contributed by atoms with Crippen molar-refractivity contribution >= 4 is 17.5 Å². The van der Waals surface area contributed by atoms with Crippen molar-refractivity contribution in [3.8, 4) is 5.75 Å². The molecule has 8 nitrogen and oxygen atoms in total. The monoisotopic (exact) mass is 333 g/mol. The lowest BCUT2D eigenvalue weighted by atomic mass is 10.1. The fourth-order valence-corrected chi connectivity index (χ4v) is 2.80. The summed E-state index contributed by atoms with van der Waals surface area (Å²) in [5.74, 6) is 0.168. The van der Waals surface area contributed by atoms with Crippen LogP contribution in [0.5, 0.6) is 5.75 Å². The Morgan fingerprint density at radius 3 is 2.67 bits per heavy atom. The number of ether oxygens (including phenoxy) is 1. The maximum absolute atomic E-state index is 12.1. The zero-order chi connectivity index (χ0) is 17.1. The van der Waals surface area contributed by atoms with Crippen molar-refractivity contribution in [1.82, 2.24) is 10.2 Å². The van der Waals surface area contributed by atoms with Gasteiger partial charge in [0.2, 0.25) is 11.8 Å². The molecule has 0 aromatic heterocycles. The van der Waals surface area contributed by atoms with E-state index in [9.17, 15) is 19.7 Å². The van der Waals surface area contributed by atoms with E-state index >= 15 is 0 Å². The summed E-state index contributed by atoms with van der Waals surface area (Å²) >= 11 is 0. The van der Waals surface area contributed by atoms with Gasteiger partial charge in [0.25, 0.3) is 5.69 Å². The molecule has 2 fully saturated rings. The van der Waals surface area contributed by atoms with Crippen LogP contribution in [-0.4, -0.2) is 47.4 Å². The van der Waals surface area contributed by atoms with Crippen LogP contribution < -0.4 is 10.1 Å². The number of nitro benzene ring substituents is 1. The van der Waals surface area contributed by atoms with Crippen molar-refractivity contribution in [1.29, 1.82) is 0 Å². The Morgan fingerprint density at radius 1 is 1.33 bits per heavy atom. The number of nitrogens with zero attached hydrogens (tertiary/aromatic N) is 2. The van der Waals surface area contributed by atoms with Gasteiger partial charge in [-0.1, -0.05) is 0 Å². The van der Waals surface area contributed by atoms with Crippen LogP contribution in [0.2, 0.25) is 0 Å². The first-order valence-corrected chi connectivity index (χ1v) is 7.99. The molecule has 2 aliphatic rings. The zero-order valence-electron chi connectivity index (χ0n) is 13.1. The van der Waals surface area contributed by atoms with Gasteiger partial charge in [-0.05, 0) is 25.0 Å². The van der Waals surface area contributed by atoms with E-state index < -0.39 is 4.92 Å². The molecule has 8 heteroatoms. The number of carbonyl (C=O) groups excluding carboxylic acids is 2. The molecule has 0 unspecified atom stereocenters. The number of nitro groups is 1. The van der Waals surface area contributed by atoms with E-state index in [0.29, 0.717) is 24.9 Å². The molecular weight excluding hydrogens is 314 g/mol. The van der Waals surface area contributed by atoms with Gasteiger partial charge in [-0.15, -0.1) is 0 Å². The average Bonchev–Trinajstić information content (AvgIpc) is 3.34. The maximum atomic E-state index is 12.1. The third-order valence-electron chi connectivity index (χ3n) is 4.23. The summed E-state index contributed by atoms with van der Waals surface area (Å²) in [6.45, 7) is 1.10. The number of hydrogen-bond donors (Lipinski definition) is 1. The van der Waals surface area contributed by atoms with Gasteiger partial charge in [0, 0.05) is 31.1 Å². The summed E-state index contributed by atoms with van der Waals surface area (Å²) in [6.07, 6.45) is 2.37. The van der Waals surface area contributed by atoms with E-state index in [0.717, 1.165) is 12.8 Å². The zero-order valence-corrected chi connectivity index (χ0v) is 13.1. The van der Waals surface area contributed by atoms with Crippen molar-refractivity contribution in [3.63, 3.8) is 0 Å². The summed E-state index contributed by atoms with van der Waals surface area (Å²) in [5, 5.41) is 13.3. The average molecular weight is 333 g/mol. The highest BCUT2D eigenvalue weighted by Gasteiger charge is 2.41. The van der Waals surface area contributed by atoms with Crippen molar-refractivity contribution in [2.75, 3.05) is 19.7 Å². The van der Waals surface area contributed by atoms with Crippen LogP contribution in [0.3, 0.4) is 0 Å². The topological polar surface area (TPSA) is 102 Å². The van der Waals surface area contributed by atoms with Crippen LogP contribution >= 0.6 is 0 Å². The van der Waals surface area contributed by atoms with Crippen LogP contribution in [0.25, 0.3) is 0 Å². The van der Waals surface area contributed by atoms with Crippen molar-refractivity contribution in [3.05, 3.63) is 34.4 Å². The lowest BCUT2D eigenvalue weighted by Gasteiger charge is -2.15. The molecule has 128 valence electrons. The number of amides is 2. The minimum Gasteiger partial charge on any atom is -0.492 e. The molecule has 1 saturated heterocycles. The van der Waals surface area contributed by atoms with Gasteiger partial charge in [0.1, 0.15) is 12.4 Å². The van der Waals surface area contributed by atoms with Gasteiger partial charge in [0.15, 0.2) is 0 Å². The Kier molecular flexibility index (Phi) is 4.64. The minimum atomic E-state index is -0.474. The third-order valence-corrected chi connectivity index (χ3v) is 4.23. The molecule has 1 saturated carbocycles. The molecule has 1 N–H and O–H groups in total. The third kappa shape index (κ3) is 3.81. The Hall–Kier alpha value is -2.64. The van der Waals surface area contributed by atoms with Gasteiger partial charge in [-0.3, -0.25) is 19.7 Å². The number of benzene rings is 1. The van der Waals surface area contributed by atoms with Gasteiger partial charge in [-0.25, -0.2) is 0 Å². The van der Waals surface area contributed by atoms with Crippen molar-refractivity contribution < 1.29 is 19.2 Å². The van der Waals surface area contributed by atoms with E-state index in [1.54, 1.807) is 0 Å². The van der Waals surface area contributed by atoms with Crippen molar-refractivity contribution in [2.45, 2.75) is 25.3 Å². The first kappa shape index (κ1) is 16.2.